The number of likely N-dealkylation sites (N-methyl/N-ethyl adjacent to an activating group) is 1. The molecule has 134 valence electrons. The van der Waals surface area contributed by atoms with Gasteiger partial charge in [-0.3, -0.25) is 4.79 Å². The molecule has 1 aromatic carbocycles. The van der Waals surface area contributed by atoms with E-state index in [9.17, 15) is 9.59 Å². The Morgan fingerprint density at radius 3 is 2.17 bits per heavy atom. The number of amides is 3. The van der Waals surface area contributed by atoms with Crippen LogP contribution in [0.4, 0.5) is 16.2 Å². The van der Waals surface area contributed by atoms with E-state index in [0.717, 1.165) is 12.8 Å². The number of hydrogen-bond acceptors (Lipinski definition) is 3. The van der Waals surface area contributed by atoms with Crippen LogP contribution < -0.4 is 16.0 Å². The van der Waals surface area contributed by atoms with Crippen molar-refractivity contribution in [2.24, 2.45) is 5.92 Å². The molecule has 1 aromatic rings. The zero-order valence-electron chi connectivity index (χ0n) is 15.3. The first-order valence-corrected chi connectivity index (χ1v) is 8.46. The molecule has 0 fully saturated rings. The molecular formula is C18H30N4O2. The van der Waals surface area contributed by atoms with Crippen LogP contribution in [0.2, 0.25) is 0 Å². The van der Waals surface area contributed by atoms with Gasteiger partial charge in [-0.25, -0.2) is 4.79 Å². The van der Waals surface area contributed by atoms with E-state index in [1.54, 1.807) is 24.3 Å². The van der Waals surface area contributed by atoms with E-state index in [2.05, 4.69) is 34.7 Å². The zero-order valence-corrected chi connectivity index (χ0v) is 15.3. The Bertz CT molecular complexity index is 542. The first-order valence-electron chi connectivity index (χ1n) is 8.46. The number of rotatable bonds is 8. The van der Waals surface area contributed by atoms with Crippen molar-refractivity contribution < 1.29 is 9.59 Å². The topological polar surface area (TPSA) is 73.5 Å². The molecule has 0 heterocycles. The van der Waals surface area contributed by atoms with Crippen LogP contribution in [-0.4, -0.2) is 43.5 Å². The quantitative estimate of drug-likeness (QED) is 0.684. The fourth-order valence-electron chi connectivity index (χ4n) is 2.85. The highest BCUT2D eigenvalue weighted by atomic mass is 16.2. The fraction of sp³-hybridized carbons (Fsp3) is 0.556. The van der Waals surface area contributed by atoms with Crippen molar-refractivity contribution in [2.45, 2.75) is 39.7 Å². The number of benzene rings is 1. The van der Waals surface area contributed by atoms with E-state index >= 15 is 0 Å². The monoisotopic (exact) mass is 334 g/mol. The van der Waals surface area contributed by atoms with E-state index in [0.29, 0.717) is 29.9 Å². The predicted octanol–water partition coefficient (Wildman–Crippen LogP) is 3.13. The third-order valence-electron chi connectivity index (χ3n) is 4.17. The second-order valence-electron chi connectivity index (χ2n) is 6.20. The standard InChI is InChI=1S/C18H30N4O2/c1-6-14(7-2)17(22(4)5)12-19-18(24)21-16-10-8-9-15(11-16)20-13(3)23/h8-11,14,17H,6-7,12H2,1-5H3,(H,20,23)(H2,19,21,24)/t17-/m0/s1. The van der Waals surface area contributed by atoms with Crippen LogP contribution in [0, 0.1) is 5.92 Å². The first kappa shape index (κ1) is 20.0. The summed E-state index contributed by atoms with van der Waals surface area (Å²) >= 11 is 0. The van der Waals surface area contributed by atoms with Gasteiger partial charge in [0.25, 0.3) is 0 Å². The van der Waals surface area contributed by atoms with Crippen molar-refractivity contribution in [2.75, 3.05) is 31.3 Å². The van der Waals surface area contributed by atoms with E-state index in [-0.39, 0.29) is 11.9 Å². The second kappa shape index (κ2) is 9.93. The van der Waals surface area contributed by atoms with Gasteiger partial charge in [0.05, 0.1) is 0 Å². The predicted molar refractivity (Wildman–Crippen MR) is 99.3 cm³/mol. The normalized spacial score (nSPS) is 12.1. The summed E-state index contributed by atoms with van der Waals surface area (Å²) in [5.41, 5.74) is 1.30. The average molecular weight is 334 g/mol. The molecule has 0 bridgehead atoms. The summed E-state index contributed by atoms with van der Waals surface area (Å²) in [4.78, 5) is 25.4. The van der Waals surface area contributed by atoms with Crippen LogP contribution in [0.1, 0.15) is 33.6 Å². The van der Waals surface area contributed by atoms with Crippen LogP contribution in [0.3, 0.4) is 0 Å². The Hall–Kier alpha value is -2.08. The second-order valence-corrected chi connectivity index (χ2v) is 6.20. The number of urea groups is 1. The van der Waals surface area contributed by atoms with Crippen LogP contribution in [0.15, 0.2) is 24.3 Å². The molecule has 3 amide bonds. The molecule has 0 aliphatic carbocycles. The largest absolute Gasteiger partial charge is 0.336 e. The van der Waals surface area contributed by atoms with Gasteiger partial charge in [0.15, 0.2) is 0 Å². The highest BCUT2D eigenvalue weighted by Gasteiger charge is 2.21. The van der Waals surface area contributed by atoms with Gasteiger partial charge in [-0.05, 0) is 38.2 Å². The molecule has 0 saturated heterocycles. The van der Waals surface area contributed by atoms with Crippen LogP contribution in [0.25, 0.3) is 0 Å². The smallest absolute Gasteiger partial charge is 0.319 e. The Kier molecular flexibility index (Phi) is 8.26. The van der Waals surface area contributed by atoms with Gasteiger partial charge in [-0.15, -0.1) is 0 Å². The first-order chi connectivity index (χ1) is 11.4. The Balaban J connectivity index is 2.60. The number of hydrogen-bond donors (Lipinski definition) is 3. The minimum atomic E-state index is -0.243. The van der Waals surface area contributed by atoms with Gasteiger partial charge in [0, 0.05) is 30.9 Å². The SMILES string of the molecule is CCC(CC)[C@H](CNC(=O)Nc1cccc(NC(C)=O)c1)N(C)C. The number of carbonyl (C=O) groups is 2. The molecule has 1 rings (SSSR count). The summed E-state index contributed by atoms with van der Waals surface area (Å²) in [6, 6.07) is 7.14. The lowest BCUT2D eigenvalue weighted by Gasteiger charge is -2.31. The minimum absolute atomic E-state index is 0.143. The van der Waals surface area contributed by atoms with Crippen LogP contribution >= 0.6 is 0 Å². The number of nitrogens with zero attached hydrogens (tertiary/aromatic N) is 1. The molecule has 0 unspecified atom stereocenters. The lowest BCUT2D eigenvalue weighted by molar-refractivity contribution is -0.114. The third-order valence-corrected chi connectivity index (χ3v) is 4.17. The van der Waals surface area contributed by atoms with Crippen LogP contribution in [0.5, 0.6) is 0 Å². The molecule has 0 aromatic heterocycles. The van der Waals surface area contributed by atoms with Crippen molar-refractivity contribution >= 4 is 23.3 Å². The Labute approximate surface area is 145 Å². The molecular weight excluding hydrogens is 304 g/mol. The van der Waals surface area contributed by atoms with E-state index in [1.165, 1.54) is 6.92 Å². The van der Waals surface area contributed by atoms with Crippen molar-refractivity contribution in [3.05, 3.63) is 24.3 Å². The van der Waals surface area contributed by atoms with E-state index < -0.39 is 0 Å². The van der Waals surface area contributed by atoms with Crippen molar-refractivity contribution in [1.29, 1.82) is 0 Å². The Morgan fingerprint density at radius 2 is 1.67 bits per heavy atom. The lowest BCUT2D eigenvalue weighted by atomic mass is 9.93. The molecule has 6 heteroatoms. The maximum Gasteiger partial charge on any atom is 0.319 e. The zero-order chi connectivity index (χ0) is 18.1. The Morgan fingerprint density at radius 1 is 1.08 bits per heavy atom. The summed E-state index contributed by atoms with van der Waals surface area (Å²) in [5, 5.41) is 8.44. The highest BCUT2D eigenvalue weighted by Crippen LogP contribution is 2.17. The molecule has 1 atom stereocenters. The maximum absolute atomic E-state index is 12.1. The molecule has 0 saturated carbocycles. The molecule has 24 heavy (non-hydrogen) atoms. The van der Waals surface area contributed by atoms with Gasteiger partial charge >= 0.3 is 6.03 Å². The minimum Gasteiger partial charge on any atom is -0.336 e. The molecule has 3 N–H and O–H groups in total. The maximum atomic E-state index is 12.1. The van der Waals surface area contributed by atoms with Gasteiger partial charge in [-0.2, -0.15) is 0 Å². The van der Waals surface area contributed by atoms with Crippen molar-refractivity contribution in [1.82, 2.24) is 10.2 Å². The summed E-state index contributed by atoms with van der Waals surface area (Å²) in [6.07, 6.45) is 2.17. The number of nitrogens with one attached hydrogen (secondary N) is 3. The molecule has 0 aliphatic rings. The van der Waals surface area contributed by atoms with Crippen molar-refractivity contribution in [3.63, 3.8) is 0 Å². The van der Waals surface area contributed by atoms with Gasteiger partial charge in [-0.1, -0.05) is 32.8 Å². The number of anilines is 2. The molecule has 0 aliphatic heterocycles. The number of carbonyl (C=O) groups excluding carboxylic acids is 2. The van der Waals surface area contributed by atoms with Crippen LogP contribution in [-0.2, 0) is 4.79 Å². The highest BCUT2D eigenvalue weighted by molar-refractivity contribution is 5.92. The molecule has 0 spiro atoms. The van der Waals surface area contributed by atoms with E-state index in [4.69, 9.17) is 0 Å². The van der Waals surface area contributed by atoms with E-state index in [1.807, 2.05) is 14.1 Å². The summed E-state index contributed by atoms with van der Waals surface area (Å²) < 4.78 is 0. The molecule has 0 radical (unpaired) electrons. The van der Waals surface area contributed by atoms with Gasteiger partial charge in [0.2, 0.25) is 5.91 Å². The molecule has 6 nitrogen and oxygen atoms in total. The summed E-state index contributed by atoms with van der Waals surface area (Å²) in [6.45, 7) is 6.40. The fourth-order valence-corrected chi connectivity index (χ4v) is 2.85. The average Bonchev–Trinajstić information content (AvgIpc) is 2.50. The summed E-state index contributed by atoms with van der Waals surface area (Å²) in [5.74, 6) is 0.402. The van der Waals surface area contributed by atoms with Gasteiger partial charge in [0.1, 0.15) is 0 Å². The summed E-state index contributed by atoms with van der Waals surface area (Å²) in [7, 11) is 4.08. The lowest BCUT2D eigenvalue weighted by Crippen LogP contribution is -2.45. The third kappa shape index (κ3) is 6.58. The van der Waals surface area contributed by atoms with Gasteiger partial charge < -0.3 is 20.9 Å². The van der Waals surface area contributed by atoms with Crippen molar-refractivity contribution in [3.8, 4) is 0 Å².